The largest absolute Gasteiger partial charge is 0.396 e. The Labute approximate surface area is 206 Å². The molecule has 3 aliphatic rings. The lowest BCUT2D eigenvalue weighted by atomic mass is 9.93. The highest BCUT2D eigenvalue weighted by Crippen LogP contribution is 2.39. The lowest BCUT2D eigenvalue weighted by molar-refractivity contribution is -0.988. The minimum atomic E-state index is 0.293. The summed E-state index contributed by atoms with van der Waals surface area (Å²) in [5.41, 5.74) is 2.87. The summed E-state index contributed by atoms with van der Waals surface area (Å²) in [6.45, 7) is 13.0. The van der Waals surface area contributed by atoms with Crippen LogP contribution in [0.2, 0.25) is 0 Å². The zero-order valence-corrected chi connectivity index (χ0v) is 20.9. The smallest absolute Gasteiger partial charge is 0.175 e. The minimum absolute atomic E-state index is 0.293. The molecule has 3 aliphatic heterocycles. The number of benzene rings is 2. The molecule has 0 aliphatic carbocycles. The molecule has 184 valence electrons. The second kappa shape index (κ2) is 10.9. The summed E-state index contributed by atoms with van der Waals surface area (Å²) in [6.07, 6.45) is 4.34. The lowest BCUT2D eigenvalue weighted by Crippen LogP contribution is -2.80. The zero-order valence-electron chi connectivity index (χ0n) is 20.9. The number of piperazine rings is 1. The van der Waals surface area contributed by atoms with Gasteiger partial charge in [-0.25, -0.2) is 0 Å². The van der Waals surface area contributed by atoms with Gasteiger partial charge in [-0.15, -0.1) is 0 Å². The summed E-state index contributed by atoms with van der Waals surface area (Å²) < 4.78 is 1.20. The van der Waals surface area contributed by atoms with Crippen LogP contribution in [-0.4, -0.2) is 89.0 Å². The van der Waals surface area contributed by atoms with Crippen LogP contribution < -0.4 is 0 Å². The predicted octanol–water partition coefficient (Wildman–Crippen LogP) is 3.60. The molecule has 0 saturated carbocycles. The molecule has 3 saturated heterocycles. The molecule has 5 heteroatoms. The van der Waals surface area contributed by atoms with Gasteiger partial charge in [0, 0.05) is 57.9 Å². The average Bonchev–Trinajstić information content (AvgIpc) is 2.86. The third-order valence-electron chi connectivity index (χ3n) is 8.43. The minimum Gasteiger partial charge on any atom is -0.396 e. The van der Waals surface area contributed by atoms with E-state index < -0.39 is 0 Å². The van der Waals surface area contributed by atoms with E-state index in [4.69, 9.17) is 0 Å². The summed E-state index contributed by atoms with van der Waals surface area (Å²) in [7, 11) is 0. The van der Waals surface area contributed by atoms with Gasteiger partial charge < -0.3 is 9.59 Å². The summed E-state index contributed by atoms with van der Waals surface area (Å²) in [4.78, 5) is 8.40. The van der Waals surface area contributed by atoms with Crippen LogP contribution in [0.3, 0.4) is 0 Å². The Kier molecular flexibility index (Phi) is 7.67. The third-order valence-corrected chi connectivity index (χ3v) is 8.43. The van der Waals surface area contributed by atoms with Crippen molar-refractivity contribution in [3.8, 4) is 0 Å². The van der Waals surface area contributed by atoms with Crippen LogP contribution in [-0.2, 0) is 13.1 Å². The molecule has 3 fully saturated rings. The number of fused-ring (bicyclic) bond motifs is 3. The Morgan fingerprint density at radius 1 is 0.882 bits per heavy atom. The van der Waals surface area contributed by atoms with Crippen molar-refractivity contribution in [1.29, 1.82) is 0 Å². The SMILES string of the molecule is CCCN1CCC[N+]2(Cc3ccccc3)CCN3C[C@H](CCO)CN(Cc4ccccc4)[C@H]3[C@@H]12. The highest BCUT2D eigenvalue weighted by Gasteiger charge is 2.56. The van der Waals surface area contributed by atoms with Crippen molar-refractivity contribution < 1.29 is 9.59 Å². The first-order valence-electron chi connectivity index (χ1n) is 13.5. The molecule has 0 spiro atoms. The van der Waals surface area contributed by atoms with E-state index in [2.05, 4.69) is 82.3 Å². The van der Waals surface area contributed by atoms with Crippen molar-refractivity contribution >= 4 is 0 Å². The summed E-state index contributed by atoms with van der Waals surface area (Å²) >= 11 is 0. The maximum absolute atomic E-state index is 9.75. The van der Waals surface area contributed by atoms with E-state index in [1.165, 1.54) is 54.6 Å². The number of hydrogen-bond acceptors (Lipinski definition) is 4. The Morgan fingerprint density at radius 2 is 1.62 bits per heavy atom. The van der Waals surface area contributed by atoms with Gasteiger partial charge in [-0.3, -0.25) is 14.7 Å². The Morgan fingerprint density at radius 3 is 2.32 bits per heavy atom. The van der Waals surface area contributed by atoms with Crippen LogP contribution in [0.1, 0.15) is 37.3 Å². The molecule has 4 atom stereocenters. The fourth-order valence-corrected chi connectivity index (χ4v) is 7.08. The van der Waals surface area contributed by atoms with Gasteiger partial charge in [0.1, 0.15) is 12.7 Å². The van der Waals surface area contributed by atoms with Gasteiger partial charge in [0.2, 0.25) is 0 Å². The first kappa shape index (κ1) is 24.0. The number of aliphatic hydroxyl groups is 1. The van der Waals surface area contributed by atoms with Crippen LogP contribution in [0.5, 0.6) is 0 Å². The van der Waals surface area contributed by atoms with Crippen LogP contribution in [0.4, 0.5) is 0 Å². The lowest BCUT2D eigenvalue weighted by Gasteiger charge is -2.63. The van der Waals surface area contributed by atoms with Crippen LogP contribution >= 0.6 is 0 Å². The van der Waals surface area contributed by atoms with E-state index in [0.717, 1.165) is 39.1 Å². The molecule has 3 heterocycles. The number of rotatable bonds is 8. The Hall–Kier alpha value is -1.76. The van der Waals surface area contributed by atoms with Crippen molar-refractivity contribution in [2.24, 2.45) is 5.92 Å². The number of aliphatic hydroxyl groups excluding tert-OH is 1. The molecule has 0 amide bonds. The summed E-state index contributed by atoms with van der Waals surface area (Å²) in [5.74, 6) is 0.544. The van der Waals surface area contributed by atoms with Crippen molar-refractivity contribution in [2.45, 2.75) is 51.6 Å². The highest BCUT2D eigenvalue weighted by atomic mass is 16.3. The van der Waals surface area contributed by atoms with Crippen LogP contribution in [0, 0.1) is 5.92 Å². The van der Waals surface area contributed by atoms with Crippen molar-refractivity contribution in [3.63, 3.8) is 0 Å². The average molecular weight is 464 g/mol. The van der Waals surface area contributed by atoms with E-state index in [-0.39, 0.29) is 0 Å². The van der Waals surface area contributed by atoms with E-state index >= 15 is 0 Å². The molecule has 2 aromatic rings. The van der Waals surface area contributed by atoms with E-state index in [0.29, 0.717) is 24.9 Å². The maximum atomic E-state index is 9.75. The quantitative estimate of drug-likeness (QED) is 0.606. The predicted molar refractivity (Wildman–Crippen MR) is 138 cm³/mol. The molecule has 1 unspecified atom stereocenters. The van der Waals surface area contributed by atoms with Gasteiger partial charge in [0.15, 0.2) is 6.17 Å². The molecule has 1 N–H and O–H groups in total. The van der Waals surface area contributed by atoms with Crippen molar-refractivity contribution in [3.05, 3.63) is 71.8 Å². The van der Waals surface area contributed by atoms with Gasteiger partial charge in [0.25, 0.3) is 0 Å². The molecule has 5 rings (SSSR count). The number of hydrogen-bond donors (Lipinski definition) is 1. The van der Waals surface area contributed by atoms with Gasteiger partial charge in [0.05, 0.1) is 13.1 Å². The monoisotopic (exact) mass is 463 g/mol. The van der Waals surface area contributed by atoms with E-state index in [1.807, 2.05) is 0 Å². The Bertz CT molecular complexity index is 892. The second-order valence-corrected chi connectivity index (χ2v) is 10.8. The van der Waals surface area contributed by atoms with Crippen LogP contribution in [0.15, 0.2) is 60.7 Å². The molecule has 0 radical (unpaired) electrons. The fourth-order valence-electron chi connectivity index (χ4n) is 7.08. The van der Waals surface area contributed by atoms with Gasteiger partial charge in [-0.1, -0.05) is 67.6 Å². The molecular weight excluding hydrogens is 420 g/mol. The molecular formula is C29H43N4O+. The van der Waals surface area contributed by atoms with Crippen LogP contribution in [0.25, 0.3) is 0 Å². The molecule has 2 aromatic carbocycles. The summed E-state index contributed by atoms with van der Waals surface area (Å²) in [5, 5.41) is 9.75. The zero-order chi connectivity index (χ0) is 23.4. The third kappa shape index (κ3) is 4.95. The Balaban J connectivity index is 1.51. The van der Waals surface area contributed by atoms with Crippen molar-refractivity contribution in [1.82, 2.24) is 14.7 Å². The van der Waals surface area contributed by atoms with Crippen molar-refractivity contribution in [2.75, 3.05) is 52.4 Å². The van der Waals surface area contributed by atoms with Gasteiger partial charge in [-0.2, -0.15) is 0 Å². The highest BCUT2D eigenvalue weighted by molar-refractivity contribution is 5.16. The molecule has 0 bridgehead atoms. The molecule has 34 heavy (non-hydrogen) atoms. The molecule has 0 aromatic heterocycles. The second-order valence-electron chi connectivity index (χ2n) is 10.8. The topological polar surface area (TPSA) is 30.0 Å². The number of nitrogens with zero attached hydrogens (tertiary/aromatic N) is 4. The normalized spacial score (nSPS) is 30.6. The van der Waals surface area contributed by atoms with Gasteiger partial charge in [-0.05, 0) is 24.3 Å². The van der Waals surface area contributed by atoms with Gasteiger partial charge >= 0.3 is 0 Å². The fraction of sp³-hybridized carbons (Fsp3) is 0.586. The first-order chi connectivity index (χ1) is 16.7. The number of quaternary nitrogens is 1. The van der Waals surface area contributed by atoms with E-state index in [9.17, 15) is 5.11 Å². The summed E-state index contributed by atoms with van der Waals surface area (Å²) in [6, 6.07) is 22.2. The first-order valence-corrected chi connectivity index (χ1v) is 13.5. The molecule has 5 nitrogen and oxygen atoms in total. The van der Waals surface area contributed by atoms with E-state index in [1.54, 1.807) is 0 Å². The standard InChI is InChI=1S/C29H43N4O/c1-2-15-30-16-9-18-33(24-26-12-7-4-8-13-26)19-17-31-22-27(14-20-34)23-32(28(31)29(30)33)21-25-10-5-3-6-11-25/h3-8,10-13,27-29,34H,2,9,14-24H2,1H3/q+1/t27-,28-,29-,33?/m0/s1. The maximum Gasteiger partial charge on any atom is 0.175 e.